The van der Waals surface area contributed by atoms with Gasteiger partial charge in [-0.15, -0.1) is 24.9 Å². The number of aliphatic hydroxyl groups excluding tert-OH is 1. The molecule has 40 heavy (non-hydrogen) atoms. The highest BCUT2D eigenvalue weighted by atomic mass is 32.2. The van der Waals surface area contributed by atoms with Gasteiger partial charge in [0.25, 0.3) is 0 Å². The normalized spacial score (nSPS) is 28.4. The number of hydrogen-bond acceptors (Lipinski definition) is 6. The molecule has 0 saturated carbocycles. The fourth-order valence-electron chi connectivity index (χ4n) is 6.92. The highest BCUT2D eigenvalue weighted by molar-refractivity contribution is 8.02. The van der Waals surface area contributed by atoms with Gasteiger partial charge >= 0.3 is 5.97 Å². The minimum atomic E-state index is -0.662. The molecule has 1 aromatic rings. The van der Waals surface area contributed by atoms with Crippen LogP contribution in [-0.4, -0.2) is 75.0 Å². The first-order chi connectivity index (χ1) is 19.4. The summed E-state index contributed by atoms with van der Waals surface area (Å²) >= 11 is 1.68. The first-order valence-corrected chi connectivity index (χ1v) is 15.6. The van der Waals surface area contributed by atoms with Crippen molar-refractivity contribution in [3.63, 3.8) is 0 Å². The number of thioether (sulfide) groups is 1. The van der Waals surface area contributed by atoms with E-state index in [1.807, 2.05) is 30.3 Å². The Morgan fingerprint density at radius 2 is 1.90 bits per heavy atom. The fraction of sp³-hybridized carbons (Fsp3) is 0.594. The monoisotopic (exact) mass is 568 g/mol. The van der Waals surface area contributed by atoms with Gasteiger partial charge in [0.05, 0.1) is 23.2 Å². The van der Waals surface area contributed by atoms with Gasteiger partial charge in [-0.05, 0) is 43.6 Å². The Morgan fingerprint density at radius 3 is 2.60 bits per heavy atom. The molecule has 6 atom stereocenters. The maximum absolute atomic E-state index is 14.5. The molecule has 3 aliphatic rings. The molecule has 1 spiro atoms. The van der Waals surface area contributed by atoms with Gasteiger partial charge in [0, 0.05) is 31.5 Å². The molecule has 3 unspecified atom stereocenters. The van der Waals surface area contributed by atoms with Crippen molar-refractivity contribution in [2.45, 2.75) is 74.5 Å². The first-order valence-electron chi connectivity index (χ1n) is 14.7. The number of hydrogen-bond donors (Lipinski definition) is 1. The van der Waals surface area contributed by atoms with Crippen molar-refractivity contribution in [3.8, 4) is 0 Å². The Kier molecular flexibility index (Phi) is 10.5. The Hall–Kier alpha value is -2.58. The van der Waals surface area contributed by atoms with Crippen LogP contribution in [0.1, 0.15) is 57.4 Å². The van der Waals surface area contributed by atoms with Crippen LogP contribution in [0.25, 0.3) is 0 Å². The van der Waals surface area contributed by atoms with Gasteiger partial charge in [-0.2, -0.15) is 0 Å². The molecular formula is C32H44N2O5S. The second kappa shape index (κ2) is 13.9. The molecule has 7 nitrogen and oxygen atoms in total. The maximum Gasteiger partial charge on any atom is 0.310 e. The highest BCUT2D eigenvalue weighted by Gasteiger charge is 2.76. The predicted octanol–water partition coefficient (Wildman–Crippen LogP) is 4.60. The second-order valence-corrected chi connectivity index (χ2v) is 12.9. The zero-order chi connectivity index (χ0) is 28.7. The van der Waals surface area contributed by atoms with E-state index < -0.39 is 22.6 Å². The van der Waals surface area contributed by atoms with Gasteiger partial charge < -0.3 is 19.6 Å². The van der Waals surface area contributed by atoms with E-state index in [0.29, 0.717) is 32.7 Å². The SMILES string of the molecule is C=CCCCOC(=O)[C@@H]1[C@@H]2CC(C)C3(S2)C(C(=O)N(CC=C)Cc2ccccc2)N(CCCCCCO)C(=O)[C@H]13. The van der Waals surface area contributed by atoms with Crippen molar-refractivity contribution >= 4 is 29.5 Å². The van der Waals surface area contributed by atoms with Crippen LogP contribution in [0.3, 0.4) is 0 Å². The van der Waals surface area contributed by atoms with Crippen molar-refractivity contribution in [1.29, 1.82) is 0 Å². The van der Waals surface area contributed by atoms with Crippen molar-refractivity contribution in [1.82, 2.24) is 9.80 Å². The van der Waals surface area contributed by atoms with Crippen LogP contribution in [0.4, 0.5) is 0 Å². The summed E-state index contributed by atoms with van der Waals surface area (Å²) in [5.41, 5.74) is 1.02. The summed E-state index contributed by atoms with van der Waals surface area (Å²) in [6, 6.07) is 9.23. The Labute approximate surface area is 243 Å². The summed E-state index contributed by atoms with van der Waals surface area (Å²) < 4.78 is 5.03. The number of allylic oxidation sites excluding steroid dienone is 1. The van der Waals surface area contributed by atoms with Crippen LogP contribution >= 0.6 is 11.8 Å². The topological polar surface area (TPSA) is 87.2 Å². The molecule has 3 heterocycles. The lowest BCUT2D eigenvalue weighted by Gasteiger charge is -2.40. The number of benzene rings is 1. The number of carbonyl (C=O) groups excluding carboxylic acids is 3. The first kappa shape index (κ1) is 30.4. The van der Waals surface area contributed by atoms with Crippen molar-refractivity contribution in [3.05, 3.63) is 61.2 Å². The molecule has 218 valence electrons. The van der Waals surface area contributed by atoms with E-state index in [9.17, 15) is 19.5 Å². The average Bonchev–Trinajstić information content (AvgIpc) is 3.54. The molecule has 3 saturated heterocycles. The zero-order valence-corrected chi connectivity index (χ0v) is 24.5. The molecule has 0 radical (unpaired) electrons. The molecule has 3 aliphatic heterocycles. The zero-order valence-electron chi connectivity index (χ0n) is 23.7. The van der Waals surface area contributed by atoms with E-state index in [4.69, 9.17) is 4.74 Å². The number of aliphatic hydroxyl groups is 1. The highest BCUT2D eigenvalue weighted by Crippen LogP contribution is 2.68. The number of fused-ring (bicyclic) bond motifs is 1. The lowest BCUT2D eigenvalue weighted by Crippen LogP contribution is -2.57. The number of nitrogens with zero attached hydrogens (tertiary/aromatic N) is 2. The van der Waals surface area contributed by atoms with E-state index in [2.05, 4.69) is 20.1 Å². The summed E-state index contributed by atoms with van der Waals surface area (Å²) in [6.07, 6.45) is 9.00. The minimum absolute atomic E-state index is 0.0279. The molecule has 2 amide bonds. The number of likely N-dealkylation sites (tertiary alicyclic amines) is 1. The lowest BCUT2D eigenvalue weighted by atomic mass is 9.66. The molecule has 8 heteroatoms. The molecule has 0 aromatic heterocycles. The van der Waals surface area contributed by atoms with E-state index in [-0.39, 0.29) is 35.6 Å². The van der Waals surface area contributed by atoms with E-state index in [0.717, 1.165) is 44.1 Å². The number of unbranched alkanes of at least 4 members (excludes halogenated alkanes) is 4. The van der Waals surface area contributed by atoms with Crippen LogP contribution in [0.2, 0.25) is 0 Å². The maximum atomic E-state index is 14.5. The van der Waals surface area contributed by atoms with Crippen molar-refractivity contribution < 1.29 is 24.2 Å². The number of carbonyl (C=O) groups is 3. The summed E-state index contributed by atoms with van der Waals surface area (Å²) in [6.45, 7) is 11.5. The van der Waals surface area contributed by atoms with Gasteiger partial charge in [-0.3, -0.25) is 14.4 Å². The van der Waals surface area contributed by atoms with Gasteiger partial charge in [-0.25, -0.2) is 0 Å². The second-order valence-electron chi connectivity index (χ2n) is 11.3. The van der Waals surface area contributed by atoms with Crippen LogP contribution in [-0.2, 0) is 25.7 Å². The lowest BCUT2D eigenvalue weighted by molar-refractivity contribution is -0.154. The van der Waals surface area contributed by atoms with E-state index in [1.54, 1.807) is 33.7 Å². The molecule has 2 bridgehead atoms. The van der Waals surface area contributed by atoms with Crippen molar-refractivity contribution in [2.75, 3.05) is 26.3 Å². The predicted molar refractivity (Wildman–Crippen MR) is 158 cm³/mol. The van der Waals surface area contributed by atoms with Crippen LogP contribution in [0.15, 0.2) is 55.6 Å². The number of rotatable bonds is 16. The number of esters is 1. The molecule has 1 aromatic carbocycles. The molecule has 1 N–H and O–H groups in total. The Bertz CT molecular complexity index is 1060. The third kappa shape index (κ3) is 5.89. The number of ether oxygens (including phenoxy) is 1. The summed E-state index contributed by atoms with van der Waals surface area (Å²) in [7, 11) is 0. The molecule has 3 fully saturated rings. The minimum Gasteiger partial charge on any atom is -0.465 e. The molecule has 0 aliphatic carbocycles. The van der Waals surface area contributed by atoms with E-state index in [1.165, 1.54) is 0 Å². The standard InChI is InChI=1S/C32H44N2O5S/c1-4-6-14-20-39-31(38)26-25-21-23(3)32(40-25)27(26)29(36)34(18-12-7-8-13-19-35)28(32)30(37)33(17-5-2)22-24-15-10-9-11-16-24/h4-5,9-11,15-16,23,25-28,35H,1-2,6-8,12-14,17-22H2,3H3/t23?,25-,26+,27-,28?,32?/m0/s1. The van der Waals surface area contributed by atoms with Gasteiger partial charge in [0.2, 0.25) is 11.8 Å². The van der Waals surface area contributed by atoms with Crippen LogP contribution < -0.4 is 0 Å². The van der Waals surface area contributed by atoms with E-state index >= 15 is 0 Å². The Balaban J connectivity index is 1.65. The van der Waals surface area contributed by atoms with Crippen LogP contribution in [0.5, 0.6) is 0 Å². The molecule has 4 rings (SSSR count). The summed E-state index contributed by atoms with van der Waals surface area (Å²) in [5.74, 6) is -1.46. The third-order valence-electron chi connectivity index (χ3n) is 8.73. The van der Waals surface area contributed by atoms with Crippen molar-refractivity contribution in [2.24, 2.45) is 17.8 Å². The van der Waals surface area contributed by atoms with Gasteiger partial charge in [0.1, 0.15) is 6.04 Å². The van der Waals surface area contributed by atoms with Crippen LogP contribution in [0, 0.1) is 17.8 Å². The average molecular weight is 569 g/mol. The third-order valence-corrected chi connectivity index (χ3v) is 10.8. The quantitative estimate of drug-likeness (QED) is 0.178. The smallest absolute Gasteiger partial charge is 0.310 e. The number of amides is 2. The van der Waals surface area contributed by atoms with Gasteiger partial charge in [0.15, 0.2) is 0 Å². The summed E-state index contributed by atoms with van der Waals surface area (Å²) in [5, 5.41) is 9.15. The fourth-order valence-corrected chi connectivity index (χ4v) is 9.32. The Morgan fingerprint density at radius 1 is 1.15 bits per heavy atom. The largest absolute Gasteiger partial charge is 0.465 e. The van der Waals surface area contributed by atoms with Gasteiger partial charge in [-0.1, -0.05) is 62.2 Å². The molecular weight excluding hydrogens is 524 g/mol. The summed E-state index contributed by atoms with van der Waals surface area (Å²) in [4.78, 5) is 45.8.